The second-order valence-electron chi connectivity index (χ2n) is 10.3. The Balaban J connectivity index is 1.21. The molecule has 0 atom stereocenters. The molecule has 7 nitrogen and oxygen atoms in total. The zero-order valence-corrected chi connectivity index (χ0v) is 21.2. The molecule has 6 rings (SSSR count). The van der Waals surface area contributed by atoms with E-state index in [9.17, 15) is 4.79 Å². The molecule has 0 N–H and O–H groups in total. The normalized spacial score (nSPS) is 25.5. The predicted octanol–water partition coefficient (Wildman–Crippen LogP) is 4.37. The van der Waals surface area contributed by atoms with Crippen molar-refractivity contribution in [3.8, 4) is 0 Å². The molecule has 0 unspecified atom stereocenters. The molecule has 2 aromatic heterocycles. The molecular formula is C29H34N6O. The molecule has 4 aliphatic heterocycles. The fourth-order valence-corrected chi connectivity index (χ4v) is 5.88. The van der Waals surface area contributed by atoms with E-state index in [4.69, 9.17) is 5.10 Å². The maximum atomic E-state index is 13.4. The second-order valence-corrected chi connectivity index (χ2v) is 10.3. The van der Waals surface area contributed by atoms with E-state index in [1.807, 2.05) is 55.1 Å². The van der Waals surface area contributed by atoms with Crippen molar-refractivity contribution >= 4 is 17.0 Å². The summed E-state index contributed by atoms with van der Waals surface area (Å²) in [7, 11) is 0. The first-order chi connectivity index (χ1) is 17.5. The summed E-state index contributed by atoms with van der Waals surface area (Å²) in [4.78, 5) is 24.9. The van der Waals surface area contributed by atoms with Gasteiger partial charge in [-0.15, -0.1) is 0 Å². The lowest BCUT2D eigenvalue weighted by molar-refractivity contribution is -0.122. The van der Waals surface area contributed by atoms with Crippen molar-refractivity contribution in [2.75, 3.05) is 26.2 Å². The quantitative estimate of drug-likeness (QED) is 0.650. The predicted molar refractivity (Wildman–Crippen MR) is 142 cm³/mol. The van der Waals surface area contributed by atoms with Crippen LogP contribution in [0.25, 0.3) is 11.1 Å². The summed E-state index contributed by atoms with van der Waals surface area (Å²) < 4.78 is 1.85. The van der Waals surface area contributed by atoms with E-state index < -0.39 is 0 Å². The number of carbonyl (C=O) groups is 1. The Morgan fingerprint density at radius 2 is 1.72 bits per heavy atom. The van der Waals surface area contributed by atoms with Gasteiger partial charge in [0, 0.05) is 42.7 Å². The topological polar surface area (TPSA) is 57.0 Å². The third-order valence-corrected chi connectivity index (χ3v) is 7.82. The highest BCUT2D eigenvalue weighted by atomic mass is 16.2. The van der Waals surface area contributed by atoms with Gasteiger partial charge in [-0.3, -0.25) is 14.7 Å². The number of hydrogen-bond donors (Lipinski definition) is 0. The SMILES string of the molecule is Cc1cn2nc(C3=C\C(=O)N4C=C(N5CCC(N6CCCCC6)CC5)C=C\C4=C/C=C/3)cc2c(C)n1. The molecule has 186 valence electrons. The second kappa shape index (κ2) is 9.54. The van der Waals surface area contributed by atoms with E-state index in [0.717, 1.165) is 52.7 Å². The number of aromatic nitrogens is 3. The van der Waals surface area contributed by atoms with Gasteiger partial charge in [-0.05, 0) is 76.9 Å². The summed E-state index contributed by atoms with van der Waals surface area (Å²) in [5, 5.41) is 4.73. The fourth-order valence-electron chi connectivity index (χ4n) is 5.88. The molecule has 2 aromatic rings. The van der Waals surface area contributed by atoms with Crippen LogP contribution >= 0.6 is 0 Å². The number of amides is 1. The number of hydrogen-bond acceptors (Lipinski definition) is 5. The van der Waals surface area contributed by atoms with E-state index in [1.54, 1.807) is 11.0 Å². The van der Waals surface area contributed by atoms with Crippen LogP contribution in [-0.2, 0) is 4.79 Å². The first kappa shape index (κ1) is 23.0. The summed E-state index contributed by atoms with van der Waals surface area (Å²) in [6, 6.07) is 2.71. The molecule has 4 aliphatic rings. The van der Waals surface area contributed by atoms with Crippen LogP contribution in [0.2, 0.25) is 0 Å². The van der Waals surface area contributed by atoms with Gasteiger partial charge in [0.1, 0.15) is 0 Å². The fraction of sp³-hybridized carbons (Fsp3) is 0.414. The number of carbonyl (C=O) groups excluding carboxylic acids is 1. The zero-order chi connectivity index (χ0) is 24.6. The Hall–Kier alpha value is -3.45. The number of likely N-dealkylation sites (tertiary alicyclic amines) is 2. The van der Waals surface area contributed by atoms with Crippen molar-refractivity contribution in [1.29, 1.82) is 0 Å². The lowest BCUT2D eigenvalue weighted by Gasteiger charge is -2.42. The Morgan fingerprint density at radius 1 is 0.944 bits per heavy atom. The number of rotatable bonds is 3. The Kier molecular flexibility index (Phi) is 6.09. The lowest BCUT2D eigenvalue weighted by Crippen LogP contribution is -2.46. The molecule has 0 aromatic carbocycles. The molecular weight excluding hydrogens is 448 g/mol. The third kappa shape index (κ3) is 4.44. The zero-order valence-electron chi connectivity index (χ0n) is 21.2. The van der Waals surface area contributed by atoms with Gasteiger partial charge < -0.3 is 9.80 Å². The molecule has 0 bridgehead atoms. The van der Waals surface area contributed by atoms with E-state index >= 15 is 0 Å². The van der Waals surface area contributed by atoms with E-state index in [1.165, 1.54) is 45.2 Å². The highest BCUT2D eigenvalue weighted by Gasteiger charge is 2.28. The van der Waals surface area contributed by atoms with Gasteiger partial charge in [0.05, 0.1) is 34.5 Å². The van der Waals surface area contributed by atoms with Crippen molar-refractivity contribution in [2.24, 2.45) is 0 Å². The summed E-state index contributed by atoms with van der Waals surface area (Å²) in [5.74, 6) is -0.0614. The van der Waals surface area contributed by atoms with Gasteiger partial charge in [0.15, 0.2) is 0 Å². The molecule has 0 saturated carbocycles. The monoisotopic (exact) mass is 482 g/mol. The summed E-state index contributed by atoms with van der Waals surface area (Å²) in [5.41, 5.74) is 6.35. The first-order valence-electron chi connectivity index (χ1n) is 13.2. The van der Waals surface area contributed by atoms with Gasteiger partial charge in [0.2, 0.25) is 0 Å². The van der Waals surface area contributed by atoms with Crippen LogP contribution in [0.1, 0.15) is 49.2 Å². The van der Waals surface area contributed by atoms with Crippen molar-refractivity contribution in [3.05, 3.63) is 83.4 Å². The number of nitrogens with zero attached hydrogens (tertiary/aromatic N) is 6. The third-order valence-electron chi connectivity index (χ3n) is 7.82. The van der Waals surface area contributed by atoms with Crippen molar-refractivity contribution in [1.82, 2.24) is 29.3 Å². The largest absolute Gasteiger partial charge is 0.370 e. The van der Waals surface area contributed by atoms with Crippen LogP contribution in [0.4, 0.5) is 0 Å². The summed E-state index contributed by atoms with van der Waals surface area (Å²) in [6.45, 7) is 8.53. The van der Waals surface area contributed by atoms with Crippen LogP contribution < -0.4 is 0 Å². The van der Waals surface area contributed by atoms with Gasteiger partial charge in [-0.25, -0.2) is 4.52 Å². The Morgan fingerprint density at radius 3 is 2.53 bits per heavy atom. The van der Waals surface area contributed by atoms with Crippen molar-refractivity contribution in [3.63, 3.8) is 0 Å². The van der Waals surface area contributed by atoms with E-state index in [2.05, 4.69) is 26.9 Å². The number of allylic oxidation sites excluding steroid dienone is 6. The molecule has 2 fully saturated rings. The first-order valence-corrected chi connectivity index (χ1v) is 13.2. The molecule has 2 saturated heterocycles. The minimum absolute atomic E-state index is 0.0614. The average Bonchev–Trinajstić information content (AvgIpc) is 3.32. The van der Waals surface area contributed by atoms with Gasteiger partial charge >= 0.3 is 0 Å². The minimum atomic E-state index is -0.0614. The Labute approximate surface area is 212 Å². The molecule has 0 radical (unpaired) electrons. The van der Waals surface area contributed by atoms with Crippen molar-refractivity contribution in [2.45, 2.75) is 52.0 Å². The highest BCUT2D eigenvalue weighted by Crippen LogP contribution is 2.28. The highest BCUT2D eigenvalue weighted by molar-refractivity contribution is 5.99. The molecule has 6 heterocycles. The van der Waals surface area contributed by atoms with Crippen LogP contribution in [0.5, 0.6) is 0 Å². The van der Waals surface area contributed by atoms with Crippen LogP contribution in [0.15, 0.2) is 66.3 Å². The molecule has 0 aliphatic carbocycles. The van der Waals surface area contributed by atoms with E-state index in [0.29, 0.717) is 6.04 Å². The van der Waals surface area contributed by atoms with Crippen LogP contribution in [0, 0.1) is 13.8 Å². The number of aryl methyl sites for hydroxylation is 2. The molecule has 0 spiro atoms. The maximum Gasteiger partial charge on any atom is 0.255 e. The molecule has 1 amide bonds. The lowest BCUT2D eigenvalue weighted by atomic mass is 9.99. The van der Waals surface area contributed by atoms with Gasteiger partial charge in [-0.2, -0.15) is 5.10 Å². The Bertz CT molecular complexity index is 1330. The van der Waals surface area contributed by atoms with Gasteiger partial charge in [0.25, 0.3) is 5.91 Å². The van der Waals surface area contributed by atoms with Crippen LogP contribution in [0.3, 0.4) is 0 Å². The average molecular weight is 483 g/mol. The summed E-state index contributed by atoms with van der Waals surface area (Å²) >= 11 is 0. The molecule has 7 heteroatoms. The maximum absolute atomic E-state index is 13.4. The van der Waals surface area contributed by atoms with Crippen molar-refractivity contribution < 1.29 is 4.79 Å². The number of fused-ring (bicyclic) bond motifs is 2. The standard InChI is InChI=1S/C29H34N6O/c1-21-19-35-28(22(2)30-21)18-27(31-35)23-7-6-8-25-9-10-26(20-34(25)29(36)17-23)33-15-11-24(12-16-33)32-13-4-3-5-14-32/h6-10,17-20,24H,3-5,11-16H2,1-2H3/b7-6+,23-17+,25-8+. The summed E-state index contributed by atoms with van der Waals surface area (Å²) in [6.07, 6.45) is 22.2. The number of piperidine rings is 2. The molecule has 36 heavy (non-hydrogen) atoms. The smallest absolute Gasteiger partial charge is 0.255 e. The van der Waals surface area contributed by atoms with Crippen LogP contribution in [-0.4, -0.2) is 67.4 Å². The van der Waals surface area contributed by atoms with Gasteiger partial charge in [-0.1, -0.05) is 18.6 Å². The van der Waals surface area contributed by atoms with E-state index in [-0.39, 0.29) is 5.91 Å². The minimum Gasteiger partial charge on any atom is -0.370 e.